The molecule has 3 nitrogen and oxygen atoms in total. The van der Waals surface area contributed by atoms with Crippen molar-refractivity contribution in [3.8, 4) is 0 Å². The summed E-state index contributed by atoms with van der Waals surface area (Å²) >= 11 is 0. The molecule has 0 saturated heterocycles. The molecule has 21 heavy (non-hydrogen) atoms. The van der Waals surface area contributed by atoms with Gasteiger partial charge in [0.1, 0.15) is 0 Å². The molecule has 112 valence electrons. The summed E-state index contributed by atoms with van der Waals surface area (Å²) in [6.07, 6.45) is 0. The molecule has 2 rings (SSSR count). The third kappa shape index (κ3) is 3.45. The highest BCUT2D eigenvalue weighted by Gasteiger charge is 2.18. The molecule has 0 aliphatic carbocycles. The van der Waals surface area contributed by atoms with Crippen LogP contribution >= 0.6 is 0 Å². The number of para-hydroxylation sites is 1. The van der Waals surface area contributed by atoms with E-state index in [9.17, 15) is 8.42 Å². The van der Waals surface area contributed by atoms with E-state index in [2.05, 4.69) is 19.1 Å². The molecule has 0 unspecified atom stereocenters. The summed E-state index contributed by atoms with van der Waals surface area (Å²) < 4.78 is 24.4. The molecule has 0 aromatic heterocycles. The van der Waals surface area contributed by atoms with E-state index in [0.717, 1.165) is 5.69 Å². The summed E-state index contributed by atoms with van der Waals surface area (Å²) in [5, 5.41) is 0. The van der Waals surface area contributed by atoms with Gasteiger partial charge >= 0.3 is 0 Å². The Hall–Kier alpha value is -1.81. The molecular weight excluding hydrogens is 282 g/mol. The molecular formula is C17H21NO2S. The van der Waals surface area contributed by atoms with Crippen LogP contribution in [0.25, 0.3) is 0 Å². The van der Waals surface area contributed by atoms with Crippen molar-refractivity contribution < 1.29 is 8.42 Å². The lowest BCUT2D eigenvalue weighted by molar-refractivity contribution is 0.597. The minimum absolute atomic E-state index is 0.113. The smallest absolute Gasteiger partial charge is 0.180 e. The van der Waals surface area contributed by atoms with Crippen molar-refractivity contribution in [3.05, 3.63) is 59.7 Å². The van der Waals surface area contributed by atoms with Crippen LogP contribution < -0.4 is 4.90 Å². The van der Waals surface area contributed by atoms with Crippen molar-refractivity contribution in [1.82, 2.24) is 0 Å². The number of hydrogen-bond donors (Lipinski definition) is 0. The normalized spacial score (nSPS) is 11.4. The highest BCUT2D eigenvalue weighted by atomic mass is 32.2. The van der Waals surface area contributed by atoms with Crippen molar-refractivity contribution >= 4 is 15.5 Å². The minimum atomic E-state index is -3.22. The standard InChI is InChI=1S/C17H21NO2S/c1-4-21(19,20)17-12-8-7-11-16(17)18(3)13-15-10-6-5-9-14(15)2/h5-12H,4,13H2,1-3H3. The first-order valence-electron chi connectivity index (χ1n) is 7.03. The molecule has 0 spiro atoms. The zero-order chi connectivity index (χ0) is 15.5. The predicted octanol–water partition coefficient (Wildman–Crippen LogP) is 3.43. The van der Waals surface area contributed by atoms with Crippen molar-refractivity contribution in [1.29, 1.82) is 0 Å². The van der Waals surface area contributed by atoms with E-state index in [-0.39, 0.29) is 5.75 Å². The Balaban J connectivity index is 2.37. The van der Waals surface area contributed by atoms with Crippen LogP contribution in [-0.4, -0.2) is 21.2 Å². The molecule has 0 fully saturated rings. The Morgan fingerprint density at radius 1 is 1.00 bits per heavy atom. The second kappa shape index (κ2) is 6.31. The maximum atomic E-state index is 12.2. The lowest BCUT2D eigenvalue weighted by atomic mass is 10.1. The lowest BCUT2D eigenvalue weighted by Crippen LogP contribution is -2.20. The highest BCUT2D eigenvalue weighted by molar-refractivity contribution is 7.91. The largest absolute Gasteiger partial charge is 0.369 e. The van der Waals surface area contributed by atoms with Gasteiger partial charge in [0, 0.05) is 13.6 Å². The highest BCUT2D eigenvalue weighted by Crippen LogP contribution is 2.26. The van der Waals surface area contributed by atoms with E-state index in [1.54, 1.807) is 19.1 Å². The molecule has 0 aliphatic rings. The van der Waals surface area contributed by atoms with E-state index in [1.807, 2.05) is 36.2 Å². The SMILES string of the molecule is CCS(=O)(=O)c1ccccc1N(C)Cc1ccccc1C. The van der Waals surface area contributed by atoms with Crippen LogP contribution in [0.5, 0.6) is 0 Å². The lowest BCUT2D eigenvalue weighted by Gasteiger charge is -2.23. The van der Waals surface area contributed by atoms with Gasteiger partial charge in [0.15, 0.2) is 9.84 Å². The summed E-state index contributed by atoms with van der Waals surface area (Å²) in [5.74, 6) is 0.113. The van der Waals surface area contributed by atoms with Gasteiger partial charge in [-0.25, -0.2) is 8.42 Å². The maximum absolute atomic E-state index is 12.2. The molecule has 0 aliphatic heterocycles. The van der Waals surface area contributed by atoms with Crippen LogP contribution in [0.3, 0.4) is 0 Å². The van der Waals surface area contributed by atoms with Gasteiger partial charge in [-0.1, -0.05) is 43.3 Å². The summed E-state index contributed by atoms with van der Waals surface area (Å²) in [5.41, 5.74) is 3.16. The van der Waals surface area contributed by atoms with Crippen LogP contribution in [0.4, 0.5) is 5.69 Å². The van der Waals surface area contributed by atoms with E-state index < -0.39 is 9.84 Å². The third-order valence-corrected chi connectivity index (χ3v) is 5.44. The van der Waals surface area contributed by atoms with Gasteiger partial charge in [0.05, 0.1) is 16.3 Å². The van der Waals surface area contributed by atoms with Crippen molar-refractivity contribution in [2.45, 2.75) is 25.3 Å². The van der Waals surface area contributed by atoms with Gasteiger partial charge in [0.2, 0.25) is 0 Å². The molecule has 4 heteroatoms. The monoisotopic (exact) mass is 303 g/mol. The molecule has 0 saturated carbocycles. The van der Waals surface area contributed by atoms with Crippen LogP contribution in [0.15, 0.2) is 53.4 Å². The van der Waals surface area contributed by atoms with Crippen molar-refractivity contribution in [2.24, 2.45) is 0 Å². The fourth-order valence-electron chi connectivity index (χ4n) is 2.32. The zero-order valence-corrected chi connectivity index (χ0v) is 13.5. The van der Waals surface area contributed by atoms with Crippen LogP contribution in [-0.2, 0) is 16.4 Å². The van der Waals surface area contributed by atoms with Gasteiger partial charge in [0.25, 0.3) is 0 Å². The average Bonchev–Trinajstić information content (AvgIpc) is 2.49. The molecule has 2 aromatic rings. The molecule has 0 heterocycles. The Kier molecular flexibility index (Phi) is 4.68. The number of anilines is 1. The van der Waals surface area contributed by atoms with Crippen molar-refractivity contribution in [2.75, 3.05) is 17.7 Å². The van der Waals surface area contributed by atoms with E-state index in [4.69, 9.17) is 0 Å². The van der Waals surface area contributed by atoms with Crippen LogP contribution in [0.1, 0.15) is 18.1 Å². The number of aryl methyl sites for hydroxylation is 1. The van der Waals surface area contributed by atoms with Gasteiger partial charge in [-0.05, 0) is 30.2 Å². The van der Waals surface area contributed by atoms with E-state index >= 15 is 0 Å². The Morgan fingerprint density at radius 3 is 2.29 bits per heavy atom. The molecule has 0 bridgehead atoms. The summed E-state index contributed by atoms with van der Waals surface area (Å²) in [6, 6.07) is 15.3. The molecule has 0 atom stereocenters. The first-order valence-corrected chi connectivity index (χ1v) is 8.68. The summed E-state index contributed by atoms with van der Waals surface area (Å²) in [6.45, 7) is 4.42. The summed E-state index contributed by atoms with van der Waals surface area (Å²) in [7, 11) is -1.29. The van der Waals surface area contributed by atoms with E-state index in [1.165, 1.54) is 11.1 Å². The van der Waals surface area contributed by atoms with Gasteiger partial charge < -0.3 is 4.90 Å². The number of nitrogens with zero attached hydrogens (tertiary/aromatic N) is 1. The Morgan fingerprint density at radius 2 is 1.62 bits per heavy atom. The second-order valence-corrected chi connectivity index (χ2v) is 7.40. The number of benzene rings is 2. The topological polar surface area (TPSA) is 37.4 Å². The third-order valence-electron chi connectivity index (χ3n) is 3.66. The second-order valence-electron chi connectivity index (χ2n) is 5.15. The van der Waals surface area contributed by atoms with Crippen molar-refractivity contribution in [3.63, 3.8) is 0 Å². The molecule has 0 amide bonds. The Labute approximate surface area is 127 Å². The summed E-state index contributed by atoms with van der Waals surface area (Å²) in [4.78, 5) is 2.40. The van der Waals surface area contributed by atoms with Gasteiger partial charge in [-0.3, -0.25) is 0 Å². The number of sulfone groups is 1. The fourth-order valence-corrected chi connectivity index (χ4v) is 3.46. The van der Waals surface area contributed by atoms with Gasteiger partial charge in [-0.15, -0.1) is 0 Å². The first kappa shape index (κ1) is 15.6. The zero-order valence-electron chi connectivity index (χ0n) is 12.7. The number of rotatable bonds is 5. The molecule has 0 N–H and O–H groups in total. The first-order chi connectivity index (χ1) is 9.95. The molecule has 0 radical (unpaired) electrons. The molecule has 2 aromatic carbocycles. The fraction of sp³-hybridized carbons (Fsp3) is 0.294. The predicted molar refractivity (Wildman–Crippen MR) is 87.5 cm³/mol. The van der Waals surface area contributed by atoms with Crippen LogP contribution in [0.2, 0.25) is 0 Å². The maximum Gasteiger partial charge on any atom is 0.180 e. The van der Waals surface area contributed by atoms with Gasteiger partial charge in [-0.2, -0.15) is 0 Å². The quantitative estimate of drug-likeness (QED) is 0.849. The minimum Gasteiger partial charge on any atom is -0.369 e. The number of hydrogen-bond acceptors (Lipinski definition) is 3. The average molecular weight is 303 g/mol. The van der Waals surface area contributed by atoms with Crippen LogP contribution in [0, 0.1) is 6.92 Å². The Bertz CT molecular complexity index is 723. The van der Waals surface area contributed by atoms with E-state index in [0.29, 0.717) is 11.4 Å².